The van der Waals surface area contributed by atoms with E-state index in [1.54, 1.807) is 0 Å². The van der Waals surface area contributed by atoms with Crippen LogP contribution >= 0.6 is 0 Å². The Hall–Kier alpha value is -1.38. The molecule has 0 aromatic carbocycles. The summed E-state index contributed by atoms with van der Waals surface area (Å²) in [6.07, 6.45) is 1.54. The molecular weight excluding hydrogens is 224 g/mol. The summed E-state index contributed by atoms with van der Waals surface area (Å²) in [5.41, 5.74) is 5.26. The Bertz CT molecular complexity index is 553. The van der Waals surface area contributed by atoms with Gasteiger partial charge in [-0.15, -0.1) is 0 Å². The maximum Gasteiger partial charge on any atom is 0.182 e. The van der Waals surface area contributed by atoms with Gasteiger partial charge in [0.05, 0.1) is 11.4 Å². The lowest BCUT2D eigenvalue weighted by Gasteiger charge is -2.18. The minimum absolute atomic E-state index is 0.358. The lowest BCUT2D eigenvalue weighted by molar-refractivity contribution is 0.590. The number of pyridine rings is 1. The molecule has 0 aliphatic heterocycles. The van der Waals surface area contributed by atoms with Gasteiger partial charge in [0, 0.05) is 5.56 Å². The SMILES string of the molecule is CC(C)c1nc(C(C)C)c2ncoc2c1C(C)C. The molecule has 3 nitrogen and oxygen atoms in total. The van der Waals surface area contributed by atoms with Crippen molar-refractivity contribution in [2.75, 3.05) is 0 Å². The van der Waals surface area contributed by atoms with E-state index in [9.17, 15) is 0 Å². The largest absolute Gasteiger partial charge is 0.443 e. The molecule has 2 aromatic rings. The monoisotopic (exact) mass is 246 g/mol. The maximum absolute atomic E-state index is 5.64. The molecule has 0 saturated heterocycles. The van der Waals surface area contributed by atoms with Gasteiger partial charge in [-0.25, -0.2) is 4.98 Å². The summed E-state index contributed by atoms with van der Waals surface area (Å²) < 4.78 is 5.64. The number of fused-ring (bicyclic) bond motifs is 1. The smallest absolute Gasteiger partial charge is 0.182 e. The van der Waals surface area contributed by atoms with Gasteiger partial charge in [0.15, 0.2) is 12.0 Å². The second-order valence-corrected chi connectivity index (χ2v) is 5.79. The van der Waals surface area contributed by atoms with Crippen LogP contribution in [0.25, 0.3) is 11.1 Å². The molecule has 3 heteroatoms. The first kappa shape index (κ1) is 13.1. The van der Waals surface area contributed by atoms with Crippen molar-refractivity contribution in [3.63, 3.8) is 0 Å². The zero-order valence-electron chi connectivity index (χ0n) is 12.1. The first-order chi connectivity index (χ1) is 8.43. The van der Waals surface area contributed by atoms with E-state index in [0.29, 0.717) is 17.8 Å². The molecule has 2 heterocycles. The van der Waals surface area contributed by atoms with Gasteiger partial charge in [-0.05, 0) is 17.8 Å². The fourth-order valence-corrected chi connectivity index (χ4v) is 2.38. The van der Waals surface area contributed by atoms with Crippen LogP contribution in [0.2, 0.25) is 0 Å². The summed E-state index contributed by atoms with van der Waals surface area (Å²) in [7, 11) is 0. The van der Waals surface area contributed by atoms with Crippen LogP contribution in [0.15, 0.2) is 10.8 Å². The van der Waals surface area contributed by atoms with Gasteiger partial charge >= 0.3 is 0 Å². The Morgan fingerprint density at radius 1 is 0.889 bits per heavy atom. The van der Waals surface area contributed by atoms with Gasteiger partial charge in [0.25, 0.3) is 0 Å². The predicted molar refractivity (Wildman–Crippen MR) is 74.1 cm³/mol. The average molecular weight is 246 g/mol. The van der Waals surface area contributed by atoms with E-state index in [2.05, 4.69) is 46.5 Å². The Morgan fingerprint density at radius 2 is 1.50 bits per heavy atom. The van der Waals surface area contributed by atoms with Crippen molar-refractivity contribution >= 4 is 11.1 Å². The van der Waals surface area contributed by atoms with Crippen LogP contribution < -0.4 is 0 Å². The van der Waals surface area contributed by atoms with E-state index < -0.39 is 0 Å². The quantitative estimate of drug-likeness (QED) is 0.794. The van der Waals surface area contributed by atoms with Crippen LogP contribution in [-0.2, 0) is 0 Å². The van der Waals surface area contributed by atoms with Crippen LogP contribution in [0.5, 0.6) is 0 Å². The van der Waals surface area contributed by atoms with Crippen LogP contribution in [-0.4, -0.2) is 9.97 Å². The molecule has 0 spiro atoms. The molecule has 0 atom stereocenters. The highest BCUT2D eigenvalue weighted by Gasteiger charge is 2.22. The zero-order chi connectivity index (χ0) is 13.4. The molecule has 18 heavy (non-hydrogen) atoms. The molecule has 0 amide bonds. The predicted octanol–water partition coefficient (Wildman–Crippen LogP) is 4.59. The van der Waals surface area contributed by atoms with Crippen molar-refractivity contribution in [2.45, 2.75) is 59.3 Å². The van der Waals surface area contributed by atoms with Gasteiger partial charge < -0.3 is 4.42 Å². The summed E-state index contributed by atoms with van der Waals surface area (Å²) in [6.45, 7) is 13.0. The van der Waals surface area contributed by atoms with Crippen molar-refractivity contribution < 1.29 is 4.42 Å². The molecule has 98 valence electrons. The topological polar surface area (TPSA) is 38.9 Å². The first-order valence-corrected chi connectivity index (χ1v) is 6.70. The average Bonchev–Trinajstić information content (AvgIpc) is 2.73. The zero-order valence-corrected chi connectivity index (χ0v) is 12.1. The van der Waals surface area contributed by atoms with E-state index in [1.807, 2.05) is 0 Å². The summed E-state index contributed by atoms with van der Waals surface area (Å²) in [4.78, 5) is 9.23. The third-order valence-electron chi connectivity index (χ3n) is 3.24. The molecule has 0 unspecified atom stereocenters. The molecule has 2 rings (SSSR count). The molecule has 0 N–H and O–H groups in total. The molecule has 0 aliphatic carbocycles. The maximum atomic E-state index is 5.64. The minimum atomic E-state index is 0.358. The Balaban J connectivity index is 2.84. The third kappa shape index (κ3) is 2.02. The van der Waals surface area contributed by atoms with Gasteiger partial charge in [-0.1, -0.05) is 41.5 Å². The van der Waals surface area contributed by atoms with Gasteiger partial charge in [0.2, 0.25) is 0 Å². The molecular formula is C15H22N2O. The number of oxazole rings is 1. The lowest BCUT2D eigenvalue weighted by atomic mass is 9.92. The normalized spacial score (nSPS) is 12.3. The second kappa shape index (κ2) is 4.71. The molecule has 0 fully saturated rings. The fraction of sp³-hybridized carbons (Fsp3) is 0.600. The highest BCUT2D eigenvalue weighted by molar-refractivity contribution is 5.80. The van der Waals surface area contributed by atoms with Crippen molar-refractivity contribution in [3.8, 4) is 0 Å². The van der Waals surface area contributed by atoms with Crippen molar-refractivity contribution in [1.29, 1.82) is 0 Å². The summed E-state index contributed by atoms with van der Waals surface area (Å²) in [5.74, 6) is 1.15. The number of rotatable bonds is 3. The standard InChI is InChI=1S/C15H22N2O/c1-8(2)11-12(9(3)4)17-13(10(5)6)14-15(11)18-7-16-14/h7-10H,1-6H3. The van der Waals surface area contributed by atoms with Crippen molar-refractivity contribution in [3.05, 3.63) is 23.3 Å². The molecule has 0 saturated carbocycles. The van der Waals surface area contributed by atoms with Crippen LogP contribution in [0.4, 0.5) is 0 Å². The van der Waals surface area contributed by atoms with E-state index in [0.717, 1.165) is 22.5 Å². The van der Waals surface area contributed by atoms with E-state index in [1.165, 1.54) is 12.0 Å². The van der Waals surface area contributed by atoms with Gasteiger partial charge in [-0.3, -0.25) is 4.98 Å². The first-order valence-electron chi connectivity index (χ1n) is 6.70. The van der Waals surface area contributed by atoms with Gasteiger partial charge in [-0.2, -0.15) is 0 Å². The van der Waals surface area contributed by atoms with E-state index >= 15 is 0 Å². The number of aromatic nitrogens is 2. The Morgan fingerprint density at radius 3 is 2.00 bits per heavy atom. The molecule has 2 aromatic heterocycles. The third-order valence-corrected chi connectivity index (χ3v) is 3.24. The van der Waals surface area contributed by atoms with Crippen molar-refractivity contribution in [2.24, 2.45) is 0 Å². The molecule has 0 bridgehead atoms. The Kier molecular flexibility index (Phi) is 3.42. The van der Waals surface area contributed by atoms with Crippen LogP contribution in [0.1, 0.15) is 76.2 Å². The van der Waals surface area contributed by atoms with Crippen LogP contribution in [0.3, 0.4) is 0 Å². The molecule has 0 radical (unpaired) electrons. The fourth-order valence-electron chi connectivity index (χ4n) is 2.38. The molecule has 0 aliphatic rings. The minimum Gasteiger partial charge on any atom is -0.443 e. The summed E-state index contributed by atoms with van der Waals surface area (Å²) >= 11 is 0. The summed E-state index contributed by atoms with van der Waals surface area (Å²) in [6, 6.07) is 0. The van der Waals surface area contributed by atoms with Crippen molar-refractivity contribution in [1.82, 2.24) is 9.97 Å². The summed E-state index contributed by atoms with van der Waals surface area (Å²) in [5, 5.41) is 0. The van der Waals surface area contributed by atoms with E-state index in [-0.39, 0.29) is 0 Å². The number of hydrogen-bond donors (Lipinski definition) is 0. The highest BCUT2D eigenvalue weighted by atomic mass is 16.3. The highest BCUT2D eigenvalue weighted by Crippen LogP contribution is 2.34. The second-order valence-electron chi connectivity index (χ2n) is 5.79. The lowest BCUT2D eigenvalue weighted by Crippen LogP contribution is -2.07. The van der Waals surface area contributed by atoms with Crippen LogP contribution in [0, 0.1) is 0 Å². The number of nitrogens with zero attached hydrogens (tertiary/aromatic N) is 2. The Labute approximate surface area is 109 Å². The van der Waals surface area contributed by atoms with Gasteiger partial charge in [0.1, 0.15) is 5.52 Å². The van der Waals surface area contributed by atoms with E-state index in [4.69, 9.17) is 9.40 Å². The number of hydrogen-bond acceptors (Lipinski definition) is 3.